The zero-order valence-corrected chi connectivity index (χ0v) is 8.70. The van der Waals surface area contributed by atoms with Gasteiger partial charge in [-0.25, -0.2) is 0 Å². The molecule has 2 N–H and O–H groups in total. The van der Waals surface area contributed by atoms with Crippen LogP contribution in [0.1, 0.15) is 59.0 Å². The number of rotatable bonds is 1. The molecule has 1 saturated carbocycles. The van der Waals surface area contributed by atoms with E-state index < -0.39 is 0 Å². The topological polar surface area (TPSA) is 43.1 Å². The Kier molecular flexibility index (Phi) is 1.84. The number of amides is 1. The highest BCUT2D eigenvalue weighted by atomic mass is 16.1. The van der Waals surface area contributed by atoms with Crippen molar-refractivity contribution in [2.45, 2.75) is 37.5 Å². The maximum Gasteiger partial charge on any atom is 0.248 e. The fraction of sp³-hybridized carbons (Fsp3) is 0.462. The Balaban J connectivity index is 2.12. The summed E-state index contributed by atoms with van der Waals surface area (Å²) in [5, 5.41) is 0. The van der Waals surface area contributed by atoms with Gasteiger partial charge in [0.2, 0.25) is 5.91 Å². The molecule has 3 aliphatic carbocycles. The summed E-state index contributed by atoms with van der Waals surface area (Å²) in [4.78, 5) is 11.1. The van der Waals surface area contributed by atoms with Crippen LogP contribution in [-0.2, 0) is 0 Å². The van der Waals surface area contributed by atoms with Crippen LogP contribution in [0.5, 0.6) is 0 Å². The molecule has 0 unspecified atom stereocenters. The van der Waals surface area contributed by atoms with Crippen molar-refractivity contribution in [3.63, 3.8) is 0 Å². The number of carbonyl (C=O) groups is 1. The predicted octanol–water partition coefficient (Wildman–Crippen LogP) is 2.54. The third-order valence-electron chi connectivity index (χ3n) is 3.98. The van der Waals surface area contributed by atoms with E-state index in [4.69, 9.17) is 5.73 Å². The van der Waals surface area contributed by atoms with Gasteiger partial charge in [0.05, 0.1) is 0 Å². The Hall–Kier alpha value is -1.31. The first kappa shape index (κ1) is 8.96. The van der Waals surface area contributed by atoms with E-state index in [0.717, 1.165) is 5.92 Å². The lowest BCUT2D eigenvalue weighted by Gasteiger charge is -2.38. The summed E-state index contributed by atoms with van der Waals surface area (Å²) in [7, 11) is 0. The fourth-order valence-corrected chi connectivity index (χ4v) is 3.17. The van der Waals surface area contributed by atoms with Crippen LogP contribution in [0.3, 0.4) is 0 Å². The van der Waals surface area contributed by atoms with Gasteiger partial charge < -0.3 is 5.73 Å². The first-order chi connectivity index (χ1) is 7.25. The van der Waals surface area contributed by atoms with Gasteiger partial charge in [0.15, 0.2) is 0 Å². The molecule has 4 rings (SSSR count). The van der Waals surface area contributed by atoms with Gasteiger partial charge in [-0.2, -0.15) is 0 Å². The first-order valence-electron chi connectivity index (χ1n) is 5.69. The van der Waals surface area contributed by atoms with E-state index in [0.29, 0.717) is 11.5 Å². The summed E-state index contributed by atoms with van der Waals surface area (Å²) in [5.74, 6) is 1.12. The van der Waals surface area contributed by atoms with Crippen molar-refractivity contribution in [1.29, 1.82) is 0 Å². The molecule has 1 amide bonds. The van der Waals surface area contributed by atoms with Gasteiger partial charge >= 0.3 is 0 Å². The highest BCUT2D eigenvalue weighted by Crippen LogP contribution is 2.49. The quantitative estimate of drug-likeness (QED) is 0.745. The van der Waals surface area contributed by atoms with Gasteiger partial charge in [-0.1, -0.05) is 6.07 Å². The molecule has 3 aliphatic rings. The van der Waals surface area contributed by atoms with Crippen molar-refractivity contribution in [1.82, 2.24) is 0 Å². The lowest BCUT2D eigenvalue weighted by Crippen LogP contribution is -2.22. The Bertz CT molecular complexity index is 417. The fourth-order valence-electron chi connectivity index (χ4n) is 3.17. The Labute approximate surface area is 89.5 Å². The summed E-state index contributed by atoms with van der Waals surface area (Å²) >= 11 is 0. The second kappa shape index (κ2) is 3.09. The third-order valence-corrected chi connectivity index (χ3v) is 3.98. The molecule has 0 radical (unpaired) electrons. The van der Waals surface area contributed by atoms with Gasteiger partial charge in [-0.15, -0.1) is 0 Å². The number of primary amides is 1. The van der Waals surface area contributed by atoms with Crippen molar-refractivity contribution in [2.75, 3.05) is 0 Å². The van der Waals surface area contributed by atoms with E-state index in [9.17, 15) is 4.79 Å². The molecule has 0 heterocycles. The molecule has 1 fully saturated rings. The maximum absolute atomic E-state index is 11.1. The minimum atomic E-state index is -0.306. The number of benzene rings is 1. The molecule has 0 saturated heterocycles. The lowest BCUT2D eigenvalue weighted by molar-refractivity contribution is 0.1000. The minimum Gasteiger partial charge on any atom is -0.366 e. The Morgan fingerprint density at radius 2 is 1.67 bits per heavy atom. The molecule has 0 aromatic heterocycles. The standard InChI is InChI=1S/C13H15NO/c14-13(15)10-5-6-11-8-1-3-9(4-2-8)12(11)7-10/h5-9H,1-4H2,(H2,14,15). The smallest absolute Gasteiger partial charge is 0.248 e. The molecular weight excluding hydrogens is 186 g/mol. The van der Waals surface area contributed by atoms with E-state index >= 15 is 0 Å². The van der Waals surface area contributed by atoms with E-state index in [1.165, 1.54) is 36.8 Å². The normalized spacial score (nSPS) is 27.5. The lowest BCUT2D eigenvalue weighted by atomic mass is 9.67. The number of nitrogens with two attached hydrogens (primary N) is 1. The zero-order chi connectivity index (χ0) is 10.4. The third kappa shape index (κ3) is 1.28. The minimum absolute atomic E-state index is 0.306. The van der Waals surface area contributed by atoms with Crippen LogP contribution in [0.25, 0.3) is 0 Å². The average Bonchev–Trinajstić information content (AvgIpc) is 2.30. The van der Waals surface area contributed by atoms with Crippen LogP contribution in [0.15, 0.2) is 18.2 Å². The summed E-state index contributed by atoms with van der Waals surface area (Å²) < 4.78 is 0. The molecule has 1 aromatic carbocycles. The van der Waals surface area contributed by atoms with Crippen molar-refractivity contribution >= 4 is 5.91 Å². The summed E-state index contributed by atoms with van der Waals surface area (Å²) in [6, 6.07) is 6.01. The Morgan fingerprint density at radius 3 is 2.27 bits per heavy atom. The molecule has 0 atom stereocenters. The maximum atomic E-state index is 11.1. The molecule has 78 valence electrons. The molecule has 0 aliphatic heterocycles. The largest absolute Gasteiger partial charge is 0.366 e. The predicted molar refractivity (Wildman–Crippen MR) is 58.9 cm³/mol. The van der Waals surface area contributed by atoms with E-state index in [1.54, 1.807) is 0 Å². The van der Waals surface area contributed by atoms with Crippen LogP contribution < -0.4 is 5.73 Å². The molecule has 2 heteroatoms. The van der Waals surface area contributed by atoms with Gasteiger partial charge in [-0.3, -0.25) is 4.79 Å². The van der Waals surface area contributed by atoms with Crippen molar-refractivity contribution < 1.29 is 4.79 Å². The highest BCUT2D eigenvalue weighted by molar-refractivity contribution is 5.93. The van der Waals surface area contributed by atoms with E-state index in [1.807, 2.05) is 12.1 Å². The number of fused-ring (bicyclic) bond motifs is 2. The van der Waals surface area contributed by atoms with Crippen molar-refractivity contribution in [2.24, 2.45) is 5.73 Å². The molecule has 2 bridgehead atoms. The van der Waals surface area contributed by atoms with Crippen molar-refractivity contribution in [3.05, 3.63) is 34.9 Å². The monoisotopic (exact) mass is 201 g/mol. The molecule has 2 nitrogen and oxygen atoms in total. The Morgan fingerprint density at radius 1 is 1.07 bits per heavy atom. The van der Waals surface area contributed by atoms with Crippen LogP contribution in [0.2, 0.25) is 0 Å². The second-order valence-corrected chi connectivity index (χ2v) is 4.76. The summed E-state index contributed by atoms with van der Waals surface area (Å²) in [6.07, 6.45) is 5.24. The average molecular weight is 201 g/mol. The van der Waals surface area contributed by atoms with Crippen LogP contribution in [0, 0.1) is 0 Å². The number of hydrogen-bond acceptors (Lipinski definition) is 1. The summed E-state index contributed by atoms with van der Waals surface area (Å²) in [5.41, 5.74) is 8.85. The van der Waals surface area contributed by atoms with Crippen LogP contribution in [-0.4, -0.2) is 5.91 Å². The van der Waals surface area contributed by atoms with Crippen LogP contribution in [0.4, 0.5) is 0 Å². The van der Waals surface area contributed by atoms with Gasteiger partial charge in [0.1, 0.15) is 0 Å². The van der Waals surface area contributed by atoms with E-state index in [2.05, 4.69) is 6.07 Å². The molecular formula is C13H15NO. The number of carbonyl (C=O) groups excluding carboxylic acids is 1. The van der Waals surface area contributed by atoms with Crippen LogP contribution >= 0.6 is 0 Å². The summed E-state index contributed by atoms with van der Waals surface area (Å²) in [6.45, 7) is 0. The van der Waals surface area contributed by atoms with Gasteiger partial charge in [0, 0.05) is 5.56 Å². The second-order valence-electron chi connectivity index (χ2n) is 4.76. The number of hydrogen-bond donors (Lipinski definition) is 1. The zero-order valence-electron chi connectivity index (χ0n) is 8.70. The van der Waals surface area contributed by atoms with Crippen molar-refractivity contribution in [3.8, 4) is 0 Å². The molecule has 0 spiro atoms. The van der Waals surface area contributed by atoms with Gasteiger partial charge in [-0.05, 0) is 60.8 Å². The van der Waals surface area contributed by atoms with Gasteiger partial charge in [0.25, 0.3) is 0 Å². The van der Waals surface area contributed by atoms with E-state index in [-0.39, 0.29) is 5.91 Å². The first-order valence-corrected chi connectivity index (χ1v) is 5.69. The SMILES string of the molecule is NC(=O)c1ccc2c(c1)C1CCC2CC1. The molecule has 15 heavy (non-hydrogen) atoms. The molecule has 1 aromatic rings. The highest BCUT2D eigenvalue weighted by Gasteiger charge is 2.32.